The second-order valence-electron chi connectivity index (χ2n) is 3.71. The van der Waals surface area contributed by atoms with Crippen LogP contribution in [-0.4, -0.2) is 18.5 Å². The number of ether oxygens (including phenoxy) is 1. The number of nitrogens with zero attached hydrogens (tertiary/aromatic N) is 1. The molecule has 2 N–H and O–H groups in total. The number of nitrogens with two attached hydrogens (primary N) is 1. The maximum atomic E-state index is 13.6. The average Bonchev–Trinajstić information content (AvgIpc) is 2.96. The van der Waals surface area contributed by atoms with Gasteiger partial charge in [0.25, 0.3) is 0 Å². The van der Waals surface area contributed by atoms with Gasteiger partial charge in [-0.25, -0.2) is 13.8 Å². The third kappa shape index (κ3) is 4.07. The monoisotopic (exact) mass is 312 g/mol. The van der Waals surface area contributed by atoms with E-state index in [0.717, 1.165) is 17.0 Å². The highest BCUT2D eigenvalue weighted by molar-refractivity contribution is 8.05. The van der Waals surface area contributed by atoms with Gasteiger partial charge in [-0.2, -0.15) is 0 Å². The molecule has 1 aromatic carbocycles. The number of hydrogen-bond acceptors (Lipinski definition) is 4. The molecule has 0 fully saturated rings. The summed E-state index contributed by atoms with van der Waals surface area (Å²) in [5.74, 6) is -1.44. The van der Waals surface area contributed by atoms with Gasteiger partial charge in [0.2, 0.25) is 5.90 Å². The van der Waals surface area contributed by atoms with Crippen LogP contribution in [0.25, 0.3) is 0 Å². The van der Waals surface area contributed by atoms with Gasteiger partial charge in [0.1, 0.15) is 29.8 Å². The zero-order valence-corrected chi connectivity index (χ0v) is 12.8. The van der Waals surface area contributed by atoms with Crippen molar-refractivity contribution in [1.82, 2.24) is 0 Å². The first kappa shape index (κ1) is 17.2. The minimum absolute atomic E-state index is 0.0374. The lowest BCUT2D eigenvalue weighted by molar-refractivity contribution is 0.328. The standard InChI is InChI=1S/C13H12F2N2OS.C2H6/c1-2-19-11(6-16)10-7-18-13(17-10)12-8(14)4-3-5-9(12)15;1-2/h2-6,10H,1,7,16H2;1-2H3/b11-6-;. The summed E-state index contributed by atoms with van der Waals surface area (Å²) in [7, 11) is 0. The van der Waals surface area contributed by atoms with Crippen molar-refractivity contribution >= 4 is 17.7 Å². The van der Waals surface area contributed by atoms with Crippen LogP contribution in [0.15, 0.2) is 46.3 Å². The molecule has 1 aliphatic rings. The molecule has 2 rings (SSSR count). The van der Waals surface area contributed by atoms with E-state index in [4.69, 9.17) is 10.5 Å². The number of halogens is 2. The van der Waals surface area contributed by atoms with Crippen LogP contribution in [-0.2, 0) is 4.74 Å². The molecule has 1 aliphatic heterocycles. The fraction of sp³-hybridized carbons (Fsp3) is 0.267. The zero-order valence-electron chi connectivity index (χ0n) is 12.0. The molecule has 0 aromatic heterocycles. The van der Waals surface area contributed by atoms with Gasteiger partial charge < -0.3 is 10.5 Å². The third-order valence-corrected chi connectivity index (χ3v) is 3.39. The topological polar surface area (TPSA) is 47.6 Å². The summed E-state index contributed by atoms with van der Waals surface area (Å²) in [5.41, 5.74) is 5.23. The van der Waals surface area contributed by atoms with Crippen LogP contribution >= 0.6 is 11.8 Å². The maximum Gasteiger partial charge on any atom is 0.222 e. The second kappa shape index (κ2) is 8.46. The Labute approximate surface area is 127 Å². The highest BCUT2D eigenvalue weighted by atomic mass is 32.2. The molecule has 6 heteroatoms. The SMILES string of the molecule is C=CS/C(=C\N)C1COC(c2c(F)cccc2F)=N1.CC. The summed E-state index contributed by atoms with van der Waals surface area (Å²) >= 11 is 1.30. The Bertz CT molecular complexity index is 538. The number of benzene rings is 1. The highest BCUT2D eigenvalue weighted by Gasteiger charge is 2.27. The molecule has 0 amide bonds. The lowest BCUT2D eigenvalue weighted by Gasteiger charge is -2.05. The molecule has 0 saturated heterocycles. The van der Waals surface area contributed by atoms with Crippen molar-refractivity contribution in [2.75, 3.05) is 6.61 Å². The molecular formula is C15H18F2N2OS. The minimum atomic E-state index is -0.700. The molecule has 1 atom stereocenters. The van der Waals surface area contributed by atoms with E-state index < -0.39 is 11.6 Å². The predicted molar refractivity (Wildman–Crippen MR) is 84.0 cm³/mol. The second-order valence-corrected chi connectivity index (χ2v) is 4.75. The molecule has 0 aliphatic carbocycles. The fourth-order valence-electron chi connectivity index (χ4n) is 1.68. The van der Waals surface area contributed by atoms with Gasteiger partial charge >= 0.3 is 0 Å². The molecule has 0 spiro atoms. The van der Waals surface area contributed by atoms with Gasteiger partial charge in [0.15, 0.2) is 0 Å². The first-order chi connectivity index (χ1) is 10.2. The number of hydrogen-bond donors (Lipinski definition) is 1. The molecule has 1 unspecified atom stereocenters. The predicted octanol–water partition coefficient (Wildman–Crippen LogP) is 3.81. The number of thioether (sulfide) groups is 1. The van der Waals surface area contributed by atoms with Crippen molar-refractivity contribution in [3.63, 3.8) is 0 Å². The van der Waals surface area contributed by atoms with Crippen molar-refractivity contribution in [2.24, 2.45) is 10.7 Å². The van der Waals surface area contributed by atoms with E-state index in [2.05, 4.69) is 11.6 Å². The first-order valence-corrected chi connectivity index (χ1v) is 7.39. The van der Waals surface area contributed by atoms with E-state index >= 15 is 0 Å². The van der Waals surface area contributed by atoms with Gasteiger partial charge in [-0.3, -0.25) is 0 Å². The van der Waals surface area contributed by atoms with Crippen LogP contribution < -0.4 is 5.73 Å². The van der Waals surface area contributed by atoms with E-state index in [0.29, 0.717) is 0 Å². The van der Waals surface area contributed by atoms with Gasteiger partial charge in [-0.15, -0.1) is 0 Å². The maximum absolute atomic E-state index is 13.6. The summed E-state index contributed by atoms with van der Waals surface area (Å²) < 4.78 is 32.5. The first-order valence-electron chi connectivity index (χ1n) is 6.51. The molecule has 0 bridgehead atoms. The molecule has 114 valence electrons. The quantitative estimate of drug-likeness (QED) is 0.919. The summed E-state index contributed by atoms with van der Waals surface area (Å²) in [6.07, 6.45) is 1.39. The molecule has 0 saturated carbocycles. The molecular weight excluding hydrogens is 294 g/mol. The number of aliphatic imine (C=N–C) groups is 1. The van der Waals surface area contributed by atoms with E-state index in [1.54, 1.807) is 5.41 Å². The van der Waals surface area contributed by atoms with Crippen LogP contribution in [0.2, 0.25) is 0 Å². The molecule has 3 nitrogen and oxygen atoms in total. The Morgan fingerprint density at radius 1 is 1.43 bits per heavy atom. The molecule has 1 aromatic rings. The van der Waals surface area contributed by atoms with Crippen LogP contribution in [0, 0.1) is 11.6 Å². The van der Waals surface area contributed by atoms with E-state index in [1.807, 2.05) is 13.8 Å². The Morgan fingerprint density at radius 2 is 2.05 bits per heavy atom. The van der Waals surface area contributed by atoms with Gasteiger partial charge in [-0.1, -0.05) is 38.3 Å². The minimum Gasteiger partial charge on any atom is -0.475 e. The fourth-order valence-corrected chi connectivity index (χ4v) is 2.23. The lowest BCUT2D eigenvalue weighted by atomic mass is 10.2. The van der Waals surface area contributed by atoms with Crippen molar-refractivity contribution in [2.45, 2.75) is 19.9 Å². The van der Waals surface area contributed by atoms with Crippen LogP contribution in [0.1, 0.15) is 19.4 Å². The smallest absolute Gasteiger partial charge is 0.222 e. The summed E-state index contributed by atoms with van der Waals surface area (Å²) in [6.45, 7) is 7.78. The molecule has 21 heavy (non-hydrogen) atoms. The normalized spacial score (nSPS) is 17.4. The number of rotatable bonds is 4. The highest BCUT2D eigenvalue weighted by Crippen LogP contribution is 2.27. The Balaban J connectivity index is 0.00000106. The Morgan fingerprint density at radius 3 is 2.57 bits per heavy atom. The summed E-state index contributed by atoms with van der Waals surface area (Å²) in [6, 6.07) is 3.26. The van der Waals surface area contributed by atoms with Crippen LogP contribution in [0.4, 0.5) is 8.78 Å². The van der Waals surface area contributed by atoms with Gasteiger partial charge in [-0.05, 0) is 17.5 Å². The van der Waals surface area contributed by atoms with Crippen molar-refractivity contribution in [3.05, 3.63) is 58.5 Å². The van der Waals surface area contributed by atoms with Crippen molar-refractivity contribution < 1.29 is 13.5 Å². The molecule has 1 heterocycles. The van der Waals surface area contributed by atoms with Crippen LogP contribution in [0.3, 0.4) is 0 Å². The summed E-state index contributed by atoms with van der Waals surface area (Å²) in [5, 5.41) is 1.61. The van der Waals surface area contributed by atoms with Gasteiger partial charge in [0.05, 0.1) is 0 Å². The van der Waals surface area contributed by atoms with Crippen LogP contribution in [0.5, 0.6) is 0 Å². The van der Waals surface area contributed by atoms with E-state index in [1.165, 1.54) is 24.0 Å². The van der Waals surface area contributed by atoms with Gasteiger partial charge in [0, 0.05) is 11.1 Å². The largest absolute Gasteiger partial charge is 0.475 e. The third-order valence-electron chi connectivity index (χ3n) is 2.54. The zero-order chi connectivity index (χ0) is 15.8. The molecule has 0 radical (unpaired) electrons. The van der Waals surface area contributed by atoms with Crippen molar-refractivity contribution in [1.29, 1.82) is 0 Å². The van der Waals surface area contributed by atoms with E-state index in [-0.39, 0.29) is 24.1 Å². The van der Waals surface area contributed by atoms with E-state index in [9.17, 15) is 8.78 Å². The lowest BCUT2D eigenvalue weighted by Crippen LogP contribution is -2.09. The summed E-state index contributed by atoms with van der Waals surface area (Å²) in [4.78, 5) is 4.89. The Hall–Kier alpha value is -1.82. The Kier molecular flexibility index (Phi) is 6.94. The average molecular weight is 312 g/mol. The van der Waals surface area contributed by atoms with Crippen molar-refractivity contribution in [3.8, 4) is 0 Å².